The van der Waals surface area contributed by atoms with Gasteiger partial charge >= 0.3 is 11.8 Å². The summed E-state index contributed by atoms with van der Waals surface area (Å²) in [4.78, 5) is 25.8. The fraction of sp³-hybridized carbons (Fsp3) is 0.368. The normalized spacial score (nSPS) is 15.8. The first-order valence-electron chi connectivity index (χ1n) is 8.39. The van der Waals surface area contributed by atoms with E-state index in [0.717, 1.165) is 31.2 Å². The Bertz CT molecular complexity index is 768. The minimum Gasteiger partial charge on any atom is -0.347 e. The van der Waals surface area contributed by atoms with Gasteiger partial charge in [0.2, 0.25) is 0 Å². The van der Waals surface area contributed by atoms with Gasteiger partial charge in [-0.15, -0.1) is 11.3 Å². The number of halogens is 1. The summed E-state index contributed by atoms with van der Waals surface area (Å²) in [6.07, 6.45) is 4.40. The predicted octanol–water partition coefficient (Wildman–Crippen LogP) is 4.28. The Labute approximate surface area is 156 Å². The third kappa shape index (κ3) is 4.05. The Kier molecular flexibility index (Phi) is 5.45. The minimum absolute atomic E-state index is 0.0317. The summed E-state index contributed by atoms with van der Waals surface area (Å²) in [7, 11) is 0. The molecule has 1 heterocycles. The summed E-state index contributed by atoms with van der Waals surface area (Å²) in [6, 6.07) is 9.36. The number of nitrogens with one attached hydrogen (secondary N) is 2. The van der Waals surface area contributed by atoms with Crippen LogP contribution in [0.4, 0.5) is 5.69 Å². The van der Waals surface area contributed by atoms with Crippen LogP contribution in [0, 0.1) is 6.92 Å². The summed E-state index contributed by atoms with van der Waals surface area (Å²) in [5, 5.41) is 8.05. The molecule has 0 spiro atoms. The molecule has 132 valence electrons. The van der Waals surface area contributed by atoms with Crippen LogP contribution < -0.4 is 10.6 Å². The Morgan fingerprint density at radius 2 is 1.96 bits per heavy atom. The van der Waals surface area contributed by atoms with Gasteiger partial charge in [0.05, 0.1) is 0 Å². The maximum Gasteiger partial charge on any atom is 0.313 e. The topological polar surface area (TPSA) is 58.2 Å². The van der Waals surface area contributed by atoms with E-state index in [4.69, 9.17) is 11.6 Å². The van der Waals surface area contributed by atoms with E-state index in [2.05, 4.69) is 22.1 Å². The van der Waals surface area contributed by atoms with E-state index in [-0.39, 0.29) is 5.41 Å². The highest BCUT2D eigenvalue weighted by Gasteiger charge is 2.37. The number of hydrogen-bond acceptors (Lipinski definition) is 3. The molecule has 1 aromatic carbocycles. The molecule has 2 aromatic rings. The van der Waals surface area contributed by atoms with E-state index >= 15 is 0 Å². The molecule has 6 heteroatoms. The van der Waals surface area contributed by atoms with Crippen LogP contribution in [0.3, 0.4) is 0 Å². The number of carbonyl (C=O) groups is 2. The zero-order valence-electron chi connectivity index (χ0n) is 14.1. The van der Waals surface area contributed by atoms with Crippen molar-refractivity contribution in [3.05, 3.63) is 51.2 Å². The first kappa shape index (κ1) is 18.0. The minimum atomic E-state index is -0.662. The average molecular weight is 377 g/mol. The van der Waals surface area contributed by atoms with E-state index in [0.29, 0.717) is 17.3 Å². The third-order valence-corrected chi connectivity index (χ3v) is 6.20. The van der Waals surface area contributed by atoms with Crippen molar-refractivity contribution in [1.82, 2.24) is 5.32 Å². The van der Waals surface area contributed by atoms with E-state index in [1.807, 2.05) is 13.0 Å². The first-order valence-corrected chi connectivity index (χ1v) is 9.65. The number of anilines is 1. The van der Waals surface area contributed by atoms with Crippen LogP contribution in [0.2, 0.25) is 5.02 Å². The van der Waals surface area contributed by atoms with E-state index in [9.17, 15) is 9.59 Å². The number of thiophene rings is 1. The zero-order chi connectivity index (χ0) is 17.9. The van der Waals surface area contributed by atoms with Gasteiger partial charge in [-0.3, -0.25) is 9.59 Å². The molecule has 0 unspecified atom stereocenters. The van der Waals surface area contributed by atoms with Crippen molar-refractivity contribution in [1.29, 1.82) is 0 Å². The molecule has 0 radical (unpaired) electrons. The molecule has 4 nitrogen and oxygen atoms in total. The van der Waals surface area contributed by atoms with Crippen LogP contribution in [0.1, 0.15) is 36.1 Å². The number of hydrogen-bond donors (Lipinski definition) is 2. The van der Waals surface area contributed by atoms with E-state index < -0.39 is 11.8 Å². The monoisotopic (exact) mass is 376 g/mol. The molecular weight excluding hydrogens is 356 g/mol. The summed E-state index contributed by atoms with van der Waals surface area (Å²) >= 11 is 7.67. The summed E-state index contributed by atoms with van der Waals surface area (Å²) in [6.45, 7) is 2.35. The quantitative estimate of drug-likeness (QED) is 0.782. The molecule has 0 saturated heterocycles. The summed E-state index contributed by atoms with van der Waals surface area (Å²) in [5.41, 5.74) is 1.38. The van der Waals surface area contributed by atoms with Gasteiger partial charge in [0.15, 0.2) is 0 Å². The third-order valence-electron chi connectivity index (χ3n) is 4.85. The van der Waals surface area contributed by atoms with Crippen molar-refractivity contribution in [3.8, 4) is 0 Å². The highest BCUT2D eigenvalue weighted by Crippen LogP contribution is 2.42. The highest BCUT2D eigenvalue weighted by atomic mass is 35.5. The molecule has 2 N–H and O–H groups in total. The van der Waals surface area contributed by atoms with Gasteiger partial charge in [0.25, 0.3) is 0 Å². The van der Waals surface area contributed by atoms with Gasteiger partial charge in [-0.1, -0.05) is 36.6 Å². The SMILES string of the molecule is Cc1ccc(Cl)cc1NC(=O)C(=O)NCC1(c2cccs2)CCCC1. The molecule has 2 amide bonds. The molecule has 0 aliphatic heterocycles. The predicted molar refractivity (Wildman–Crippen MR) is 102 cm³/mol. The Morgan fingerprint density at radius 1 is 1.20 bits per heavy atom. The molecule has 1 aliphatic rings. The van der Waals surface area contributed by atoms with Crippen molar-refractivity contribution in [2.45, 2.75) is 38.0 Å². The molecule has 0 atom stereocenters. The van der Waals surface area contributed by atoms with E-state index in [1.54, 1.807) is 29.5 Å². The van der Waals surface area contributed by atoms with Crippen molar-refractivity contribution in [3.63, 3.8) is 0 Å². The first-order chi connectivity index (χ1) is 12.0. The maximum atomic E-state index is 12.3. The second-order valence-electron chi connectivity index (χ2n) is 6.56. The van der Waals surface area contributed by atoms with Crippen LogP contribution >= 0.6 is 22.9 Å². The van der Waals surface area contributed by atoms with Gasteiger partial charge < -0.3 is 10.6 Å². The lowest BCUT2D eigenvalue weighted by molar-refractivity contribution is -0.136. The van der Waals surface area contributed by atoms with Crippen LogP contribution in [0.5, 0.6) is 0 Å². The number of carbonyl (C=O) groups excluding carboxylic acids is 2. The molecule has 1 saturated carbocycles. The number of rotatable bonds is 4. The van der Waals surface area contributed by atoms with Crippen LogP contribution in [-0.2, 0) is 15.0 Å². The number of aryl methyl sites for hydroxylation is 1. The number of benzene rings is 1. The van der Waals surface area contributed by atoms with Gasteiger partial charge in [-0.05, 0) is 48.9 Å². The van der Waals surface area contributed by atoms with E-state index in [1.165, 1.54) is 4.88 Å². The molecule has 25 heavy (non-hydrogen) atoms. The Balaban J connectivity index is 1.63. The van der Waals surface area contributed by atoms with Crippen LogP contribution in [-0.4, -0.2) is 18.4 Å². The van der Waals surface area contributed by atoms with Crippen molar-refractivity contribution in [2.24, 2.45) is 0 Å². The zero-order valence-corrected chi connectivity index (χ0v) is 15.7. The van der Waals surface area contributed by atoms with Crippen molar-refractivity contribution >= 4 is 40.4 Å². The van der Waals surface area contributed by atoms with Crippen molar-refractivity contribution < 1.29 is 9.59 Å². The lowest BCUT2D eigenvalue weighted by Crippen LogP contribution is -2.43. The molecular formula is C19H21ClN2O2S. The molecule has 0 bridgehead atoms. The van der Waals surface area contributed by atoms with Crippen molar-refractivity contribution in [2.75, 3.05) is 11.9 Å². The fourth-order valence-corrected chi connectivity index (χ4v) is 4.54. The largest absolute Gasteiger partial charge is 0.347 e. The maximum absolute atomic E-state index is 12.3. The standard InChI is InChI=1S/C19H21ClN2O2S/c1-13-6-7-14(20)11-15(13)22-18(24)17(23)21-12-19(8-2-3-9-19)16-5-4-10-25-16/h4-7,10-11H,2-3,8-9,12H2,1H3,(H,21,23)(H,22,24). The number of amides is 2. The van der Waals surface area contributed by atoms with Crippen LogP contribution in [0.15, 0.2) is 35.7 Å². The summed E-state index contributed by atoms with van der Waals surface area (Å²) < 4.78 is 0. The summed E-state index contributed by atoms with van der Waals surface area (Å²) in [5.74, 6) is -1.27. The Hall–Kier alpha value is -1.85. The second kappa shape index (κ2) is 7.58. The molecule has 3 rings (SSSR count). The average Bonchev–Trinajstić information content (AvgIpc) is 3.27. The molecule has 1 aliphatic carbocycles. The Morgan fingerprint density at radius 3 is 2.64 bits per heavy atom. The van der Waals surface area contributed by atoms with Gasteiger partial charge in [-0.25, -0.2) is 0 Å². The lowest BCUT2D eigenvalue weighted by atomic mass is 9.84. The highest BCUT2D eigenvalue weighted by molar-refractivity contribution is 7.10. The van der Waals surface area contributed by atoms with Crippen LogP contribution in [0.25, 0.3) is 0 Å². The fourth-order valence-electron chi connectivity index (χ4n) is 3.38. The van der Waals surface area contributed by atoms with Gasteiger partial charge in [0, 0.05) is 27.5 Å². The second-order valence-corrected chi connectivity index (χ2v) is 7.94. The smallest absolute Gasteiger partial charge is 0.313 e. The lowest BCUT2D eigenvalue weighted by Gasteiger charge is -2.28. The van der Waals surface area contributed by atoms with Gasteiger partial charge in [0.1, 0.15) is 0 Å². The molecule has 1 fully saturated rings. The molecule has 1 aromatic heterocycles. The van der Waals surface area contributed by atoms with Gasteiger partial charge in [-0.2, -0.15) is 0 Å².